The minimum Gasteiger partial charge on any atom is -0.497 e. The number of anilines is 1. The molecule has 0 fully saturated rings. The van der Waals surface area contributed by atoms with Gasteiger partial charge < -0.3 is 21.0 Å². The van der Waals surface area contributed by atoms with Crippen molar-refractivity contribution in [1.82, 2.24) is 0 Å². The fraction of sp³-hybridized carbons (Fsp3) is 0.211. The molecule has 148 valence electrons. The summed E-state index contributed by atoms with van der Waals surface area (Å²) in [6, 6.07) is 10.4. The van der Waals surface area contributed by atoms with Crippen LogP contribution in [-0.4, -0.2) is 31.7 Å². The Hall–Kier alpha value is -2.77. The van der Waals surface area contributed by atoms with Crippen molar-refractivity contribution in [3.8, 4) is 5.75 Å². The van der Waals surface area contributed by atoms with Gasteiger partial charge in [0.05, 0.1) is 35.0 Å². The number of carbonyl (C=O) groups is 1. The fourth-order valence-corrected chi connectivity index (χ4v) is 2.96. The predicted octanol–water partition coefficient (Wildman–Crippen LogP) is 3.45. The number of ether oxygens (including phenoxy) is 1. The van der Waals surface area contributed by atoms with Crippen molar-refractivity contribution in [2.45, 2.75) is 12.8 Å². The SMILES string of the molecule is CO/N=C(\CC(=O)N=C(N)Cc1cc(Cl)c(N)c(Cl)c1)c1cccc(OC)c1. The quantitative estimate of drug-likeness (QED) is 0.307. The van der Waals surface area contributed by atoms with Gasteiger partial charge in [0.1, 0.15) is 18.7 Å². The number of nitrogens with zero attached hydrogens (tertiary/aromatic N) is 2. The highest BCUT2D eigenvalue weighted by molar-refractivity contribution is 6.39. The molecule has 0 aliphatic rings. The average Bonchev–Trinajstić information content (AvgIpc) is 2.65. The molecule has 28 heavy (non-hydrogen) atoms. The molecule has 0 aliphatic heterocycles. The third-order valence-electron chi connectivity index (χ3n) is 3.72. The minimum atomic E-state index is -0.469. The maximum atomic E-state index is 12.3. The van der Waals surface area contributed by atoms with Crippen molar-refractivity contribution in [2.24, 2.45) is 15.9 Å². The van der Waals surface area contributed by atoms with Crippen LogP contribution in [0.1, 0.15) is 17.5 Å². The summed E-state index contributed by atoms with van der Waals surface area (Å²) in [6.45, 7) is 0. The van der Waals surface area contributed by atoms with Gasteiger partial charge in [-0.25, -0.2) is 4.99 Å². The first-order valence-corrected chi connectivity index (χ1v) is 8.93. The van der Waals surface area contributed by atoms with Crippen LogP contribution >= 0.6 is 23.2 Å². The molecule has 0 bridgehead atoms. The number of amides is 1. The van der Waals surface area contributed by atoms with E-state index in [1.165, 1.54) is 7.11 Å². The summed E-state index contributed by atoms with van der Waals surface area (Å²) in [5, 5.41) is 4.54. The predicted molar refractivity (Wildman–Crippen MR) is 112 cm³/mol. The molecule has 1 amide bonds. The highest BCUT2D eigenvalue weighted by Gasteiger charge is 2.13. The van der Waals surface area contributed by atoms with Gasteiger partial charge >= 0.3 is 0 Å². The van der Waals surface area contributed by atoms with E-state index >= 15 is 0 Å². The zero-order chi connectivity index (χ0) is 20.7. The van der Waals surface area contributed by atoms with E-state index in [4.69, 9.17) is 44.2 Å². The standard InChI is InChI=1S/C19H20Cl2N4O3/c1-27-13-5-3-4-12(9-13)16(25-28-2)10-18(26)24-17(22)8-11-6-14(20)19(23)15(21)7-11/h3-7,9H,8,10,23H2,1-2H3,(H2,22,24,26)/b25-16+. The number of hydrogen-bond donors (Lipinski definition) is 2. The van der Waals surface area contributed by atoms with Crippen molar-refractivity contribution in [2.75, 3.05) is 20.0 Å². The summed E-state index contributed by atoms with van der Waals surface area (Å²) in [7, 11) is 2.95. The maximum Gasteiger partial charge on any atom is 0.253 e. The van der Waals surface area contributed by atoms with Crippen molar-refractivity contribution in [1.29, 1.82) is 0 Å². The first kappa shape index (κ1) is 21.5. The molecule has 0 aromatic heterocycles. The van der Waals surface area contributed by atoms with Gasteiger partial charge in [-0.3, -0.25) is 4.79 Å². The summed E-state index contributed by atoms with van der Waals surface area (Å²) in [5.74, 6) is 0.280. The molecule has 2 rings (SSSR count). The molecule has 2 aromatic rings. The van der Waals surface area contributed by atoms with E-state index in [0.717, 1.165) is 0 Å². The van der Waals surface area contributed by atoms with Crippen molar-refractivity contribution in [3.05, 3.63) is 57.6 Å². The lowest BCUT2D eigenvalue weighted by molar-refractivity contribution is -0.116. The molecule has 9 heteroatoms. The van der Waals surface area contributed by atoms with Gasteiger partial charge in [-0.1, -0.05) is 40.5 Å². The molecule has 0 unspecified atom stereocenters. The van der Waals surface area contributed by atoms with Crippen molar-refractivity contribution in [3.63, 3.8) is 0 Å². The molecule has 2 aromatic carbocycles. The second-order valence-electron chi connectivity index (χ2n) is 5.78. The van der Waals surface area contributed by atoms with Crippen LogP contribution in [0.3, 0.4) is 0 Å². The van der Waals surface area contributed by atoms with Crippen LogP contribution in [0, 0.1) is 0 Å². The molecule has 0 saturated heterocycles. The number of amidine groups is 1. The van der Waals surface area contributed by atoms with E-state index < -0.39 is 5.91 Å². The van der Waals surface area contributed by atoms with Gasteiger partial charge in [-0.2, -0.15) is 0 Å². The molecule has 0 saturated carbocycles. The van der Waals surface area contributed by atoms with Gasteiger partial charge in [0.25, 0.3) is 5.91 Å². The van der Waals surface area contributed by atoms with E-state index in [1.807, 2.05) is 0 Å². The second-order valence-corrected chi connectivity index (χ2v) is 6.59. The smallest absolute Gasteiger partial charge is 0.253 e. The molecule has 0 aliphatic carbocycles. The van der Waals surface area contributed by atoms with Crippen LogP contribution in [0.2, 0.25) is 10.0 Å². The van der Waals surface area contributed by atoms with Crippen molar-refractivity contribution < 1.29 is 14.4 Å². The van der Waals surface area contributed by atoms with Gasteiger partial charge in [0, 0.05) is 12.0 Å². The zero-order valence-electron chi connectivity index (χ0n) is 15.4. The van der Waals surface area contributed by atoms with E-state index in [-0.39, 0.29) is 24.4 Å². The number of nitrogens with two attached hydrogens (primary N) is 2. The summed E-state index contributed by atoms with van der Waals surface area (Å²) >= 11 is 12.0. The number of rotatable bonds is 7. The third kappa shape index (κ3) is 5.87. The number of benzene rings is 2. The Balaban J connectivity index is 2.14. The number of halogens is 2. The molecular weight excluding hydrogens is 403 g/mol. The Bertz CT molecular complexity index is 906. The summed E-state index contributed by atoms with van der Waals surface area (Å²) in [6.07, 6.45) is 0.104. The number of carbonyl (C=O) groups excluding carboxylic acids is 1. The molecule has 0 heterocycles. The van der Waals surface area contributed by atoms with E-state index in [2.05, 4.69) is 10.1 Å². The van der Waals surface area contributed by atoms with Crippen LogP contribution in [0.25, 0.3) is 0 Å². The van der Waals surface area contributed by atoms with Crippen LogP contribution in [-0.2, 0) is 16.1 Å². The highest BCUT2D eigenvalue weighted by Crippen LogP contribution is 2.29. The number of nitrogen functional groups attached to an aromatic ring is 1. The largest absolute Gasteiger partial charge is 0.497 e. The van der Waals surface area contributed by atoms with E-state index in [0.29, 0.717) is 32.6 Å². The number of aliphatic imine (C=N–C) groups is 1. The van der Waals surface area contributed by atoms with Crippen LogP contribution in [0.5, 0.6) is 5.75 Å². The fourth-order valence-electron chi connectivity index (χ4n) is 2.43. The summed E-state index contributed by atoms with van der Waals surface area (Å²) in [4.78, 5) is 21.1. The first-order chi connectivity index (χ1) is 13.3. The van der Waals surface area contributed by atoms with E-state index in [9.17, 15) is 4.79 Å². The first-order valence-electron chi connectivity index (χ1n) is 8.17. The molecular formula is C19H20Cl2N4O3. The summed E-state index contributed by atoms with van der Waals surface area (Å²) < 4.78 is 5.19. The topological polar surface area (TPSA) is 112 Å². The Morgan fingerprint density at radius 3 is 2.43 bits per heavy atom. The van der Waals surface area contributed by atoms with Crippen molar-refractivity contribution >= 4 is 46.3 Å². The Kier molecular flexibility index (Phi) is 7.66. The lowest BCUT2D eigenvalue weighted by Crippen LogP contribution is -2.19. The number of hydrogen-bond acceptors (Lipinski definition) is 5. The molecule has 7 nitrogen and oxygen atoms in total. The van der Waals surface area contributed by atoms with Crippen LogP contribution < -0.4 is 16.2 Å². The molecule has 0 atom stereocenters. The highest BCUT2D eigenvalue weighted by atomic mass is 35.5. The normalized spacial score (nSPS) is 12.0. The monoisotopic (exact) mass is 422 g/mol. The van der Waals surface area contributed by atoms with E-state index in [1.54, 1.807) is 43.5 Å². The van der Waals surface area contributed by atoms with Crippen LogP contribution in [0.15, 0.2) is 46.5 Å². The maximum absolute atomic E-state index is 12.3. The number of oxime groups is 1. The molecule has 0 radical (unpaired) electrons. The number of methoxy groups -OCH3 is 1. The Morgan fingerprint density at radius 2 is 1.82 bits per heavy atom. The average molecular weight is 423 g/mol. The molecule has 4 N–H and O–H groups in total. The second kappa shape index (κ2) is 9.96. The van der Waals surface area contributed by atoms with Gasteiger partial charge in [0.15, 0.2) is 0 Å². The van der Waals surface area contributed by atoms with Crippen LogP contribution in [0.4, 0.5) is 5.69 Å². The third-order valence-corrected chi connectivity index (χ3v) is 4.34. The van der Waals surface area contributed by atoms with Gasteiger partial charge in [0.2, 0.25) is 0 Å². The Labute approximate surface area is 172 Å². The Morgan fingerprint density at radius 1 is 1.14 bits per heavy atom. The van der Waals surface area contributed by atoms with Gasteiger partial charge in [-0.15, -0.1) is 0 Å². The van der Waals surface area contributed by atoms with Gasteiger partial charge in [-0.05, 0) is 29.8 Å². The minimum absolute atomic E-state index is 0.0923. The lowest BCUT2D eigenvalue weighted by atomic mass is 10.1. The summed E-state index contributed by atoms with van der Waals surface area (Å²) in [5.41, 5.74) is 13.7. The lowest BCUT2D eigenvalue weighted by Gasteiger charge is -2.07. The molecule has 0 spiro atoms. The zero-order valence-corrected chi connectivity index (χ0v) is 16.9.